The zero-order valence-corrected chi connectivity index (χ0v) is 17.0. The van der Waals surface area contributed by atoms with E-state index in [4.69, 9.17) is 21.1 Å². The molecule has 7 nitrogen and oxygen atoms in total. The molecule has 0 saturated heterocycles. The molecule has 0 bridgehead atoms. The van der Waals surface area contributed by atoms with Crippen molar-refractivity contribution in [3.8, 4) is 11.5 Å². The van der Waals surface area contributed by atoms with E-state index in [1.165, 1.54) is 24.3 Å². The molecule has 3 rings (SSSR count). The average Bonchev–Trinajstić information content (AvgIpc) is 2.69. The summed E-state index contributed by atoms with van der Waals surface area (Å²) in [4.78, 5) is 22.9. The van der Waals surface area contributed by atoms with Gasteiger partial charge in [-0.3, -0.25) is 4.79 Å². The lowest BCUT2D eigenvalue weighted by Crippen LogP contribution is -2.13. The molecule has 0 aliphatic carbocycles. The number of halogens is 1. The van der Waals surface area contributed by atoms with Crippen LogP contribution in [0.5, 0.6) is 11.5 Å². The molecule has 0 atom stereocenters. The number of amides is 1. The number of nitrogens with one attached hydrogen (secondary N) is 1. The molecule has 9 heteroatoms. The molecule has 1 heterocycles. The van der Waals surface area contributed by atoms with Gasteiger partial charge in [0.25, 0.3) is 0 Å². The normalized spacial score (nSPS) is 14.3. The second-order valence-corrected chi connectivity index (χ2v) is 9.01. The first-order valence-corrected chi connectivity index (χ1v) is 10.4. The van der Waals surface area contributed by atoms with Gasteiger partial charge < -0.3 is 14.8 Å². The van der Waals surface area contributed by atoms with Crippen LogP contribution in [0.3, 0.4) is 0 Å². The Kier molecular flexibility index (Phi) is 5.36. The molecule has 0 radical (unpaired) electrons. The molecule has 0 fully saturated rings. The smallest absolute Gasteiger partial charge is 0.338 e. The minimum absolute atomic E-state index is 0.109. The number of benzene rings is 2. The first kappa shape index (κ1) is 20.2. The highest BCUT2D eigenvalue weighted by Crippen LogP contribution is 2.44. The van der Waals surface area contributed by atoms with E-state index in [2.05, 4.69) is 5.32 Å². The molecule has 1 aliphatic heterocycles. The summed E-state index contributed by atoms with van der Waals surface area (Å²) in [6.07, 6.45) is 0.126. The molecule has 28 heavy (non-hydrogen) atoms. The summed E-state index contributed by atoms with van der Waals surface area (Å²) >= 11 is 6.26. The minimum Gasteiger partial charge on any atom is -0.459 e. The van der Waals surface area contributed by atoms with E-state index in [0.29, 0.717) is 23.2 Å². The Hall–Kier alpha value is -2.58. The molecule has 2 aromatic carbocycles. The highest BCUT2D eigenvalue weighted by Gasteiger charge is 2.31. The zero-order valence-electron chi connectivity index (χ0n) is 15.4. The fraction of sp³-hybridized carbons (Fsp3) is 0.263. The van der Waals surface area contributed by atoms with Crippen LogP contribution in [0.1, 0.15) is 35.3 Å². The number of hydrogen-bond donors (Lipinski definition) is 1. The van der Waals surface area contributed by atoms with Gasteiger partial charge in [-0.2, -0.15) is 0 Å². The first-order valence-electron chi connectivity index (χ1n) is 8.41. The van der Waals surface area contributed by atoms with Crippen LogP contribution in [0.15, 0.2) is 29.2 Å². The standard InChI is InChI=1S/C19H18ClNO6S/c1-10(2)26-19(23)12-4-11(3)17-16(6-12)28(24,25)8-13-5-14(21-9-22)7-15(20)18(13)27-17/h4-7,9-10H,8H2,1-3H3,(H,21,22). The summed E-state index contributed by atoms with van der Waals surface area (Å²) in [5, 5.41) is 2.60. The van der Waals surface area contributed by atoms with Gasteiger partial charge in [-0.25, -0.2) is 13.2 Å². The Labute approximate surface area is 167 Å². The Morgan fingerprint density at radius 3 is 2.61 bits per heavy atom. The van der Waals surface area contributed by atoms with Gasteiger partial charge in [0.15, 0.2) is 9.84 Å². The molecule has 0 aromatic heterocycles. The average molecular weight is 424 g/mol. The van der Waals surface area contributed by atoms with Crippen LogP contribution in [0.25, 0.3) is 0 Å². The van der Waals surface area contributed by atoms with Crippen molar-refractivity contribution in [2.45, 2.75) is 37.5 Å². The molecule has 148 valence electrons. The number of carbonyl (C=O) groups is 2. The van der Waals surface area contributed by atoms with Crippen LogP contribution in [-0.4, -0.2) is 26.9 Å². The van der Waals surface area contributed by atoms with Crippen LogP contribution in [0.2, 0.25) is 5.02 Å². The largest absolute Gasteiger partial charge is 0.459 e. The van der Waals surface area contributed by atoms with Gasteiger partial charge in [-0.05, 0) is 50.6 Å². The summed E-state index contributed by atoms with van der Waals surface area (Å²) in [7, 11) is -3.85. The quantitative estimate of drug-likeness (QED) is 0.592. The summed E-state index contributed by atoms with van der Waals surface area (Å²) in [5.74, 6) is -0.710. The highest BCUT2D eigenvalue weighted by atomic mass is 35.5. The van der Waals surface area contributed by atoms with E-state index >= 15 is 0 Å². The summed E-state index contributed by atoms with van der Waals surface area (Å²) in [6, 6.07) is 5.73. The third-order valence-electron chi connectivity index (χ3n) is 4.05. The fourth-order valence-electron chi connectivity index (χ4n) is 2.91. The number of fused-ring (bicyclic) bond motifs is 2. The Balaban J connectivity index is 2.16. The van der Waals surface area contributed by atoms with Crippen LogP contribution in [0.4, 0.5) is 5.69 Å². The van der Waals surface area contributed by atoms with Crippen molar-refractivity contribution in [1.82, 2.24) is 0 Å². The van der Waals surface area contributed by atoms with E-state index in [9.17, 15) is 18.0 Å². The zero-order chi connectivity index (χ0) is 20.6. The SMILES string of the molecule is Cc1cc(C(=O)OC(C)C)cc2c1Oc1c(Cl)cc(NC=O)cc1CS2(=O)=O. The fourth-order valence-corrected chi connectivity index (χ4v) is 4.76. The second-order valence-electron chi connectivity index (χ2n) is 6.64. The number of esters is 1. The topological polar surface area (TPSA) is 98.8 Å². The van der Waals surface area contributed by atoms with Gasteiger partial charge in [-0.1, -0.05) is 11.6 Å². The molecule has 0 spiro atoms. The van der Waals surface area contributed by atoms with Crippen LogP contribution >= 0.6 is 11.6 Å². The lowest BCUT2D eigenvalue weighted by atomic mass is 10.1. The van der Waals surface area contributed by atoms with E-state index in [-0.39, 0.29) is 33.1 Å². The number of carbonyl (C=O) groups excluding carboxylic acids is 2. The van der Waals surface area contributed by atoms with Crippen LogP contribution < -0.4 is 10.1 Å². The highest BCUT2D eigenvalue weighted by molar-refractivity contribution is 7.90. The maximum atomic E-state index is 13.0. The lowest BCUT2D eigenvalue weighted by molar-refractivity contribution is -0.105. The summed E-state index contributed by atoms with van der Waals surface area (Å²) in [5.41, 5.74) is 1.23. The Morgan fingerprint density at radius 1 is 1.25 bits per heavy atom. The van der Waals surface area contributed by atoms with Gasteiger partial charge in [0.1, 0.15) is 16.4 Å². The van der Waals surface area contributed by atoms with Crippen molar-refractivity contribution in [1.29, 1.82) is 0 Å². The van der Waals surface area contributed by atoms with E-state index < -0.39 is 21.6 Å². The second kappa shape index (κ2) is 7.44. The Bertz CT molecular complexity index is 1080. The molecule has 1 N–H and O–H groups in total. The van der Waals surface area contributed by atoms with Gasteiger partial charge in [0.05, 0.1) is 22.4 Å². The number of hydrogen-bond acceptors (Lipinski definition) is 6. The van der Waals surface area contributed by atoms with Gasteiger partial charge in [0.2, 0.25) is 6.41 Å². The van der Waals surface area contributed by atoms with Crippen molar-refractivity contribution in [3.63, 3.8) is 0 Å². The van der Waals surface area contributed by atoms with Crippen LogP contribution in [-0.2, 0) is 25.1 Å². The van der Waals surface area contributed by atoms with Crippen molar-refractivity contribution in [2.75, 3.05) is 5.32 Å². The molecule has 1 amide bonds. The number of aryl methyl sites for hydroxylation is 1. The maximum absolute atomic E-state index is 13.0. The van der Waals surface area contributed by atoms with E-state index in [1.807, 2.05) is 0 Å². The monoisotopic (exact) mass is 423 g/mol. The molecular weight excluding hydrogens is 406 g/mol. The van der Waals surface area contributed by atoms with Crippen molar-refractivity contribution < 1.29 is 27.5 Å². The predicted octanol–water partition coefficient (Wildman–Crippen LogP) is 3.86. The lowest BCUT2D eigenvalue weighted by Gasteiger charge is -2.15. The third kappa shape index (κ3) is 3.83. The summed E-state index contributed by atoms with van der Waals surface area (Å²) < 4.78 is 37.1. The molecule has 0 saturated carbocycles. The summed E-state index contributed by atoms with van der Waals surface area (Å²) in [6.45, 7) is 5.05. The number of ether oxygens (including phenoxy) is 2. The molecule has 2 aromatic rings. The van der Waals surface area contributed by atoms with Gasteiger partial charge in [-0.15, -0.1) is 0 Å². The first-order chi connectivity index (χ1) is 13.1. The number of sulfone groups is 1. The van der Waals surface area contributed by atoms with Crippen molar-refractivity contribution in [2.24, 2.45) is 0 Å². The predicted molar refractivity (Wildman–Crippen MR) is 104 cm³/mol. The number of anilines is 1. The van der Waals surface area contributed by atoms with E-state index in [0.717, 1.165) is 0 Å². The minimum atomic E-state index is -3.85. The maximum Gasteiger partial charge on any atom is 0.338 e. The molecular formula is C19H18ClNO6S. The Morgan fingerprint density at radius 2 is 1.96 bits per heavy atom. The van der Waals surface area contributed by atoms with E-state index in [1.54, 1.807) is 20.8 Å². The van der Waals surface area contributed by atoms with Crippen molar-refractivity contribution in [3.05, 3.63) is 46.0 Å². The van der Waals surface area contributed by atoms with Crippen molar-refractivity contribution >= 4 is 39.5 Å². The van der Waals surface area contributed by atoms with Gasteiger partial charge >= 0.3 is 5.97 Å². The van der Waals surface area contributed by atoms with Gasteiger partial charge in [0, 0.05) is 11.3 Å². The number of rotatable bonds is 4. The van der Waals surface area contributed by atoms with Crippen LogP contribution in [0, 0.1) is 6.92 Å². The third-order valence-corrected chi connectivity index (χ3v) is 5.99. The molecule has 0 unspecified atom stereocenters. The molecule has 1 aliphatic rings.